The molecular weight excluding hydrogens is 410 g/mol. The molecule has 0 aliphatic carbocycles. The summed E-state index contributed by atoms with van der Waals surface area (Å²) in [6.45, 7) is 4.38. The number of nitrogens with zero attached hydrogens (tertiary/aromatic N) is 3. The van der Waals surface area contributed by atoms with Gasteiger partial charge in [0.25, 0.3) is 5.91 Å². The Morgan fingerprint density at radius 2 is 1.81 bits per heavy atom. The number of carbonyl (C=O) groups is 2. The fraction of sp³-hybridized carbons (Fsp3) is 0.208. The van der Waals surface area contributed by atoms with Gasteiger partial charge in [-0.25, -0.2) is 9.78 Å². The molecule has 6 nitrogen and oxygen atoms in total. The summed E-state index contributed by atoms with van der Waals surface area (Å²) in [5.74, 6) is -0.598. The van der Waals surface area contributed by atoms with Gasteiger partial charge in [-0.15, -0.1) is 0 Å². The average Bonchev–Trinajstić information content (AvgIpc) is 3.35. The van der Waals surface area contributed by atoms with Crippen LogP contribution in [0.25, 0.3) is 10.9 Å². The van der Waals surface area contributed by atoms with Crippen LogP contribution in [-0.2, 0) is 11.3 Å². The first-order chi connectivity index (χ1) is 15.0. The number of aromatic nitrogens is 2. The Balaban J connectivity index is 1.71. The van der Waals surface area contributed by atoms with Crippen LogP contribution in [0.2, 0.25) is 0 Å². The van der Waals surface area contributed by atoms with Crippen LogP contribution in [0.5, 0.6) is 0 Å². The standard InChI is InChI=1S/C24H23N3O3S/c1-4-30-23(29)21-16(2)25-24(31-21)26(3)22(28)20-14-18-12-8-9-13-19(18)27(20)15-17-10-6-5-7-11-17/h5-14H,4,15H2,1-3H3. The molecule has 0 spiro atoms. The van der Waals surface area contributed by atoms with E-state index in [0.29, 0.717) is 34.5 Å². The highest BCUT2D eigenvalue weighted by Crippen LogP contribution is 2.29. The number of ether oxygens (including phenoxy) is 1. The minimum absolute atomic E-state index is 0.184. The van der Waals surface area contributed by atoms with Crippen LogP contribution in [0.15, 0.2) is 60.7 Å². The van der Waals surface area contributed by atoms with Crippen molar-refractivity contribution >= 4 is 39.2 Å². The molecule has 0 unspecified atom stereocenters. The average molecular weight is 434 g/mol. The second kappa shape index (κ2) is 8.73. The summed E-state index contributed by atoms with van der Waals surface area (Å²) in [5, 5.41) is 1.46. The topological polar surface area (TPSA) is 64.4 Å². The zero-order valence-electron chi connectivity index (χ0n) is 17.7. The highest BCUT2D eigenvalue weighted by molar-refractivity contribution is 7.17. The fourth-order valence-electron chi connectivity index (χ4n) is 3.49. The molecule has 4 aromatic rings. The molecule has 0 fully saturated rings. The van der Waals surface area contributed by atoms with Gasteiger partial charge in [0, 0.05) is 24.5 Å². The van der Waals surface area contributed by atoms with E-state index in [-0.39, 0.29) is 5.91 Å². The monoisotopic (exact) mass is 433 g/mol. The Kier molecular flexibility index (Phi) is 5.86. The molecule has 158 valence electrons. The van der Waals surface area contributed by atoms with Crippen LogP contribution in [-0.4, -0.2) is 35.1 Å². The molecule has 0 saturated heterocycles. The summed E-state index contributed by atoms with van der Waals surface area (Å²) >= 11 is 1.17. The molecule has 0 saturated carbocycles. The zero-order chi connectivity index (χ0) is 22.0. The van der Waals surface area contributed by atoms with Gasteiger partial charge < -0.3 is 9.30 Å². The fourth-order valence-corrected chi connectivity index (χ4v) is 4.41. The van der Waals surface area contributed by atoms with Crippen molar-refractivity contribution < 1.29 is 14.3 Å². The third-order valence-corrected chi connectivity index (χ3v) is 6.26. The molecular formula is C24H23N3O3S. The van der Waals surface area contributed by atoms with Crippen LogP contribution >= 0.6 is 11.3 Å². The Morgan fingerprint density at radius 1 is 1.10 bits per heavy atom. The summed E-state index contributed by atoms with van der Waals surface area (Å²) < 4.78 is 7.12. The third-order valence-electron chi connectivity index (χ3n) is 5.05. The summed E-state index contributed by atoms with van der Waals surface area (Å²) in [7, 11) is 1.68. The number of aryl methyl sites for hydroxylation is 1. The van der Waals surface area contributed by atoms with Gasteiger partial charge in [-0.3, -0.25) is 9.69 Å². The van der Waals surface area contributed by atoms with E-state index in [4.69, 9.17) is 4.74 Å². The molecule has 2 aromatic carbocycles. The number of rotatable bonds is 6. The lowest BCUT2D eigenvalue weighted by Gasteiger charge is -2.16. The van der Waals surface area contributed by atoms with Gasteiger partial charge in [0.15, 0.2) is 5.13 Å². The van der Waals surface area contributed by atoms with Crippen LogP contribution in [0.4, 0.5) is 5.13 Å². The number of carbonyl (C=O) groups excluding carboxylic acids is 2. The van der Waals surface area contributed by atoms with E-state index in [9.17, 15) is 9.59 Å². The van der Waals surface area contributed by atoms with Crippen LogP contribution < -0.4 is 4.90 Å². The molecule has 0 aliphatic heterocycles. The van der Waals surface area contributed by atoms with Crippen molar-refractivity contribution in [1.29, 1.82) is 0 Å². The number of benzene rings is 2. The van der Waals surface area contributed by atoms with Gasteiger partial charge in [-0.05, 0) is 31.5 Å². The van der Waals surface area contributed by atoms with E-state index in [1.807, 2.05) is 65.2 Å². The van der Waals surface area contributed by atoms with Crippen LogP contribution in [0, 0.1) is 6.92 Å². The molecule has 2 heterocycles. The number of hydrogen-bond donors (Lipinski definition) is 0. The van der Waals surface area contributed by atoms with Gasteiger partial charge in [0.05, 0.1) is 12.3 Å². The maximum atomic E-state index is 13.5. The molecule has 4 rings (SSSR count). The van der Waals surface area contributed by atoms with Gasteiger partial charge in [-0.1, -0.05) is 59.9 Å². The number of amides is 1. The van der Waals surface area contributed by atoms with E-state index < -0.39 is 5.97 Å². The largest absolute Gasteiger partial charge is 0.462 e. The second-order valence-corrected chi connectivity index (χ2v) is 8.13. The minimum atomic E-state index is -0.414. The highest BCUT2D eigenvalue weighted by atomic mass is 32.1. The molecule has 0 N–H and O–H groups in total. The molecule has 0 radical (unpaired) electrons. The van der Waals surface area contributed by atoms with E-state index >= 15 is 0 Å². The normalized spacial score (nSPS) is 10.9. The summed E-state index contributed by atoms with van der Waals surface area (Å²) in [6.07, 6.45) is 0. The molecule has 1 amide bonds. The minimum Gasteiger partial charge on any atom is -0.462 e. The predicted octanol–water partition coefficient (Wildman–Crippen LogP) is 4.91. The third kappa shape index (κ3) is 4.09. The maximum absolute atomic E-state index is 13.5. The lowest BCUT2D eigenvalue weighted by atomic mass is 10.2. The molecule has 2 aromatic heterocycles. The smallest absolute Gasteiger partial charge is 0.350 e. The van der Waals surface area contributed by atoms with Crippen molar-refractivity contribution in [2.24, 2.45) is 0 Å². The van der Waals surface area contributed by atoms with E-state index in [1.54, 1.807) is 20.9 Å². The first-order valence-electron chi connectivity index (χ1n) is 10.0. The van der Waals surface area contributed by atoms with Crippen molar-refractivity contribution in [2.75, 3.05) is 18.6 Å². The Labute approximate surface area is 184 Å². The number of anilines is 1. The maximum Gasteiger partial charge on any atom is 0.350 e. The number of thiazole rings is 1. The molecule has 7 heteroatoms. The van der Waals surface area contributed by atoms with Gasteiger partial charge in [0.1, 0.15) is 10.6 Å². The molecule has 0 aliphatic rings. The zero-order valence-corrected chi connectivity index (χ0v) is 18.5. The molecule has 31 heavy (non-hydrogen) atoms. The Hall–Kier alpha value is -3.45. The van der Waals surface area contributed by atoms with E-state index in [1.165, 1.54) is 16.2 Å². The van der Waals surface area contributed by atoms with Crippen LogP contribution in [0.1, 0.15) is 38.3 Å². The first kappa shape index (κ1) is 20.8. The SMILES string of the molecule is CCOC(=O)c1sc(N(C)C(=O)c2cc3ccccc3n2Cc2ccccc2)nc1C. The number of esters is 1. The van der Waals surface area contributed by atoms with E-state index in [2.05, 4.69) is 4.98 Å². The number of hydrogen-bond acceptors (Lipinski definition) is 5. The summed E-state index contributed by atoms with van der Waals surface area (Å²) in [5.41, 5.74) is 3.22. The predicted molar refractivity (Wildman–Crippen MR) is 123 cm³/mol. The van der Waals surface area contributed by atoms with Gasteiger partial charge in [-0.2, -0.15) is 0 Å². The van der Waals surface area contributed by atoms with Crippen LogP contribution in [0.3, 0.4) is 0 Å². The number of para-hydroxylation sites is 1. The number of fused-ring (bicyclic) bond motifs is 1. The lowest BCUT2D eigenvalue weighted by molar-refractivity contribution is 0.0531. The first-order valence-corrected chi connectivity index (χ1v) is 10.9. The lowest BCUT2D eigenvalue weighted by Crippen LogP contribution is -2.28. The van der Waals surface area contributed by atoms with Crippen molar-refractivity contribution in [3.8, 4) is 0 Å². The van der Waals surface area contributed by atoms with Gasteiger partial charge >= 0.3 is 5.97 Å². The Bertz CT molecular complexity index is 1240. The van der Waals surface area contributed by atoms with Crippen molar-refractivity contribution in [3.63, 3.8) is 0 Å². The Morgan fingerprint density at radius 3 is 2.55 bits per heavy atom. The van der Waals surface area contributed by atoms with Crippen molar-refractivity contribution in [2.45, 2.75) is 20.4 Å². The van der Waals surface area contributed by atoms with Gasteiger partial charge in [0.2, 0.25) is 0 Å². The quantitative estimate of drug-likeness (QED) is 0.406. The second-order valence-electron chi connectivity index (χ2n) is 7.16. The van der Waals surface area contributed by atoms with E-state index in [0.717, 1.165) is 16.5 Å². The van der Waals surface area contributed by atoms with Crippen molar-refractivity contribution in [3.05, 3.63) is 82.5 Å². The highest BCUT2D eigenvalue weighted by Gasteiger charge is 2.25. The molecule has 0 atom stereocenters. The summed E-state index contributed by atoms with van der Waals surface area (Å²) in [4.78, 5) is 32.0. The summed E-state index contributed by atoms with van der Waals surface area (Å²) in [6, 6.07) is 19.9. The molecule has 0 bridgehead atoms. The van der Waals surface area contributed by atoms with Crippen molar-refractivity contribution in [1.82, 2.24) is 9.55 Å².